The summed E-state index contributed by atoms with van der Waals surface area (Å²) in [5.74, 6) is 0.299. The van der Waals surface area contributed by atoms with Gasteiger partial charge in [-0.3, -0.25) is 14.8 Å². The van der Waals surface area contributed by atoms with Crippen LogP contribution in [-0.2, 0) is 6.54 Å². The number of nitrogens with one attached hydrogen (secondary N) is 2. The molecule has 3 rings (SSSR count). The molecular formula is C16H12BrClN4O2S. The van der Waals surface area contributed by atoms with Crippen LogP contribution in [0.25, 0.3) is 0 Å². The van der Waals surface area contributed by atoms with Crippen LogP contribution < -0.4 is 10.6 Å². The summed E-state index contributed by atoms with van der Waals surface area (Å²) in [7, 11) is 0. The molecule has 9 heteroatoms. The van der Waals surface area contributed by atoms with Crippen LogP contribution in [0.1, 0.15) is 16.3 Å². The first-order chi connectivity index (χ1) is 12.0. The Morgan fingerprint density at radius 1 is 1.32 bits per heavy atom. The predicted octanol–water partition coefficient (Wildman–Crippen LogP) is 4.07. The lowest BCUT2D eigenvalue weighted by Crippen LogP contribution is -2.34. The number of rotatable bonds is 4. The maximum atomic E-state index is 12.2. The normalized spacial score (nSPS) is 10.5. The van der Waals surface area contributed by atoms with Crippen LogP contribution >= 0.6 is 39.7 Å². The predicted molar refractivity (Wildman–Crippen MR) is 103 cm³/mol. The number of hydrogen-bond donors (Lipinski definition) is 2. The smallest absolute Gasteiger partial charge is 0.293 e. The van der Waals surface area contributed by atoms with Crippen molar-refractivity contribution in [2.24, 2.45) is 0 Å². The van der Waals surface area contributed by atoms with Crippen molar-refractivity contribution in [3.8, 4) is 0 Å². The van der Waals surface area contributed by atoms with Crippen LogP contribution in [0.5, 0.6) is 0 Å². The summed E-state index contributed by atoms with van der Waals surface area (Å²) in [5.41, 5.74) is 0.753. The first kappa shape index (κ1) is 17.7. The summed E-state index contributed by atoms with van der Waals surface area (Å²) in [6.45, 7) is 0.375. The number of para-hydroxylation sites is 1. The van der Waals surface area contributed by atoms with E-state index in [0.29, 0.717) is 17.3 Å². The van der Waals surface area contributed by atoms with Crippen LogP contribution in [0.2, 0.25) is 5.02 Å². The molecule has 0 saturated carbocycles. The maximum absolute atomic E-state index is 12.2. The lowest BCUT2D eigenvalue weighted by atomic mass is 10.3. The molecule has 0 fully saturated rings. The van der Waals surface area contributed by atoms with Crippen molar-refractivity contribution in [1.29, 1.82) is 0 Å². The number of carbonyl (C=O) groups excluding carboxylic acids is 1. The summed E-state index contributed by atoms with van der Waals surface area (Å²) >= 11 is 14.4. The molecule has 0 aliphatic carbocycles. The highest BCUT2D eigenvalue weighted by atomic mass is 79.9. The zero-order valence-electron chi connectivity index (χ0n) is 12.7. The van der Waals surface area contributed by atoms with E-state index in [2.05, 4.69) is 31.7 Å². The van der Waals surface area contributed by atoms with Gasteiger partial charge in [-0.25, -0.2) is 0 Å². The number of halogens is 2. The van der Waals surface area contributed by atoms with Crippen LogP contribution in [0.15, 0.2) is 57.7 Å². The standard InChI is InChI=1S/C16H12BrClN4O2S/c17-12-3-1-2-4-13(12)20-16(25)21-15(23)14-6-5-11(24-14)9-22-8-10(18)7-19-22/h1-8H,9H2,(H2,20,21,23,25). The lowest BCUT2D eigenvalue weighted by Gasteiger charge is -2.09. The fourth-order valence-electron chi connectivity index (χ4n) is 2.05. The van der Waals surface area contributed by atoms with E-state index in [4.69, 9.17) is 28.2 Å². The molecule has 0 unspecified atom stereocenters. The first-order valence-corrected chi connectivity index (χ1v) is 8.73. The third-order valence-electron chi connectivity index (χ3n) is 3.15. The average molecular weight is 440 g/mol. The summed E-state index contributed by atoms with van der Waals surface area (Å²) in [6, 6.07) is 10.7. The minimum absolute atomic E-state index is 0.157. The quantitative estimate of drug-likeness (QED) is 0.600. The van der Waals surface area contributed by atoms with Crippen molar-refractivity contribution in [3.63, 3.8) is 0 Å². The molecule has 0 aliphatic rings. The fraction of sp³-hybridized carbons (Fsp3) is 0.0625. The van der Waals surface area contributed by atoms with Crippen LogP contribution in [0.4, 0.5) is 5.69 Å². The number of aromatic nitrogens is 2. The Balaban J connectivity index is 1.60. The minimum atomic E-state index is -0.436. The van der Waals surface area contributed by atoms with Gasteiger partial charge in [-0.2, -0.15) is 5.10 Å². The van der Waals surface area contributed by atoms with Gasteiger partial charge in [0.1, 0.15) is 5.76 Å². The fourth-order valence-corrected chi connectivity index (χ4v) is 2.79. The number of furan rings is 1. The van der Waals surface area contributed by atoms with Gasteiger partial charge in [-0.05, 0) is 52.4 Å². The van der Waals surface area contributed by atoms with Gasteiger partial charge < -0.3 is 9.73 Å². The van der Waals surface area contributed by atoms with Crippen molar-refractivity contribution >= 4 is 56.5 Å². The van der Waals surface area contributed by atoms with Crippen molar-refractivity contribution < 1.29 is 9.21 Å². The van der Waals surface area contributed by atoms with E-state index in [1.807, 2.05) is 24.3 Å². The number of benzene rings is 1. The lowest BCUT2D eigenvalue weighted by molar-refractivity contribution is 0.0948. The van der Waals surface area contributed by atoms with E-state index in [0.717, 1.165) is 10.2 Å². The number of nitrogens with zero attached hydrogens (tertiary/aromatic N) is 2. The van der Waals surface area contributed by atoms with Crippen LogP contribution in [0.3, 0.4) is 0 Å². The largest absolute Gasteiger partial charge is 0.454 e. The minimum Gasteiger partial charge on any atom is -0.454 e. The molecule has 0 radical (unpaired) electrons. The Morgan fingerprint density at radius 2 is 2.12 bits per heavy atom. The van der Waals surface area contributed by atoms with E-state index < -0.39 is 5.91 Å². The van der Waals surface area contributed by atoms with Gasteiger partial charge in [0.2, 0.25) is 0 Å². The molecule has 3 aromatic rings. The highest BCUT2D eigenvalue weighted by Crippen LogP contribution is 2.21. The number of hydrogen-bond acceptors (Lipinski definition) is 4. The molecule has 1 aromatic carbocycles. The highest BCUT2D eigenvalue weighted by molar-refractivity contribution is 9.10. The van der Waals surface area contributed by atoms with Gasteiger partial charge in [0, 0.05) is 10.7 Å². The van der Waals surface area contributed by atoms with Crippen molar-refractivity contribution in [2.45, 2.75) is 6.54 Å². The molecule has 1 amide bonds. The maximum Gasteiger partial charge on any atom is 0.293 e. The number of thiocarbonyl (C=S) groups is 1. The summed E-state index contributed by atoms with van der Waals surface area (Å²) in [4.78, 5) is 12.2. The van der Waals surface area contributed by atoms with Gasteiger partial charge in [-0.1, -0.05) is 23.7 Å². The Bertz CT molecular complexity index is 924. The zero-order chi connectivity index (χ0) is 17.8. The second-order valence-corrected chi connectivity index (χ2v) is 6.71. The molecule has 0 aliphatic heterocycles. The monoisotopic (exact) mass is 438 g/mol. The van der Waals surface area contributed by atoms with Crippen LogP contribution in [-0.4, -0.2) is 20.8 Å². The number of carbonyl (C=O) groups is 1. The van der Waals surface area contributed by atoms with Crippen LogP contribution in [0, 0.1) is 0 Å². The second-order valence-electron chi connectivity index (χ2n) is 5.01. The third kappa shape index (κ3) is 4.68. The zero-order valence-corrected chi connectivity index (χ0v) is 15.9. The van der Waals surface area contributed by atoms with E-state index in [-0.39, 0.29) is 10.9 Å². The van der Waals surface area contributed by atoms with E-state index in [1.165, 1.54) is 6.20 Å². The Labute approximate surface area is 162 Å². The molecule has 2 aromatic heterocycles. The molecule has 0 saturated heterocycles. The van der Waals surface area contributed by atoms with Gasteiger partial charge in [-0.15, -0.1) is 0 Å². The second kappa shape index (κ2) is 7.81. The molecule has 25 heavy (non-hydrogen) atoms. The number of amides is 1. The molecule has 2 N–H and O–H groups in total. The number of anilines is 1. The average Bonchev–Trinajstić information content (AvgIpc) is 3.19. The molecule has 128 valence electrons. The van der Waals surface area contributed by atoms with Crippen molar-refractivity contribution in [3.05, 3.63) is 69.8 Å². The van der Waals surface area contributed by atoms with E-state index in [1.54, 1.807) is 23.0 Å². The molecule has 0 atom stereocenters. The van der Waals surface area contributed by atoms with Gasteiger partial charge in [0.05, 0.1) is 23.5 Å². The Kier molecular flexibility index (Phi) is 5.52. The van der Waals surface area contributed by atoms with Gasteiger partial charge >= 0.3 is 0 Å². The topological polar surface area (TPSA) is 72.1 Å². The molecule has 2 heterocycles. The highest BCUT2D eigenvalue weighted by Gasteiger charge is 2.14. The molecule has 0 bridgehead atoms. The van der Waals surface area contributed by atoms with Crippen molar-refractivity contribution in [2.75, 3.05) is 5.32 Å². The Morgan fingerprint density at radius 3 is 2.84 bits per heavy atom. The summed E-state index contributed by atoms with van der Waals surface area (Å²) < 4.78 is 7.97. The molecular weight excluding hydrogens is 428 g/mol. The molecule has 6 nitrogen and oxygen atoms in total. The molecule has 0 spiro atoms. The van der Waals surface area contributed by atoms with Gasteiger partial charge in [0.25, 0.3) is 5.91 Å². The van der Waals surface area contributed by atoms with Crippen molar-refractivity contribution in [1.82, 2.24) is 15.1 Å². The summed E-state index contributed by atoms with van der Waals surface area (Å²) in [5, 5.41) is 10.3. The summed E-state index contributed by atoms with van der Waals surface area (Å²) in [6.07, 6.45) is 3.20. The van der Waals surface area contributed by atoms with Gasteiger partial charge in [0.15, 0.2) is 10.9 Å². The Hall–Kier alpha value is -2.16. The first-order valence-electron chi connectivity index (χ1n) is 7.15. The van der Waals surface area contributed by atoms with E-state index in [9.17, 15) is 4.79 Å². The van der Waals surface area contributed by atoms with E-state index >= 15 is 0 Å². The SMILES string of the molecule is O=C(NC(=S)Nc1ccccc1Br)c1ccc(Cn2cc(Cl)cn2)o1. The third-order valence-corrected chi connectivity index (χ3v) is 4.24.